The standard InChI is InChI=1S/C18H35N3O/c1-4-19-10-7-17(8-11-19)6-5-9-20-12-14-21(15-13-20)18(22)16(2)3/h16-17H,4-15H2,1-3H3. The number of carbonyl (C=O) groups is 1. The molecule has 0 atom stereocenters. The van der Waals surface area contributed by atoms with Crippen molar-refractivity contribution in [1.29, 1.82) is 0 Å². The molecular formula is C18H35N3O. The van der Waals surface area contributed by atoms with Crippen molar-refractivity contribution >= 4 is 5.91 Å². The zero-order chi connectivity index (χ0) is 15.9. The van der Waals surface area contributed by atoms with Crippen LogP contribution in [0, 0.1) is 11.8 Å². The molecule has 0 spiro atoms. The number of amides is 1. The largest absolute Gasteiger partial charge is 0.340 e. The van der Waals surface area contributed by atoms with Crippen molar-refractivity contribution in [3.8, 4) is 0 Å². The van der Waals surface area contributed by atoms with Crippen molar-refractivity contribution in [1.82, 2.24) is 14.7 Å². The Morgan fingerprint density at radius 1 is 1.00 bits per heavy atom. The van der Waals surface area contributed by atoms with Gasteiger partial charge < -0.3 is 9.80 Å². The Morgan fingerprint density at radius 3 is 2.18 bits per heavy atom. The molecular weight excluding hydrogens is 274 g/mol. The maximum absolute atomic E-state index is 12.0. The Kier molecular flexibility index (Phi) is 7.16. The Morgan fingerprint density at radius 2 is 1.64 bits per heavy atom. The topological polar surface area (TPSA) is 26.8 Å². The summed E-state index contributed by atoms with van der Waals surface area (Å²) in [6.45, 7) is 15.3. The highest BCUT2D eigenvalue weighted by atomic mass is 16.2. The van der Waals surface area contributed by atoms with Crippen LogP contribution in [0.15, 0.2) is 0 Å². The lowest BCUT2D eigenvalue weighted by Gasteiger charge is -2.36. The van der Waals surface area contributed by atoms with E-state index in [0.29, 0.717) is 5.91 Å². The lowest BCUT2D eigenvalue weighted by atomic mass is 9.92. The molecule has 0 bridgehead atoms. The Labute approximate surface area is 136 Å². The van der Waals surface area contributed by atoms with Gasteiger partial charge in [-0.2, -0.15) is 0 Å². The number of hydrogen-bond donors (Lipinski definition) is 0. The Balaban J connectivity index is 1.57. The third-order valence-electron chi connectivity index (χ3n) is 5.42. The molecule has 2 aliphatic heterocycles. The van der Waals surface area contributed by atoms with Crippen molar-refractivity contribution in [3.05, 3.63) is 0 Å². The van der Waals surface area contributed by atoms with Gasteiger partial charge in [-0.25, -0.2) is 0 Å². The molecule has 2 heterocycles. The molecule has 2 saturated heterocycles. The van der Waals surface area contributed by atoms with Crippen LogP contribution in [0.3, 0.4) is 0 Å². The van der Waals surface area contributed by atoms with E-state index in [4.69, 9.17) is 0 Å². The Bertz CT molecular complexity index is 329. The number of piperidine rings is 1. The predicted octanol–water partition coefficient (Wildman–Crippen LogP) is 2.30. The average molecular weight is 309 g/mol. The highest BCUT2D eigenvalue weighted by Crippen LogP contribution is 2.22. The lowest BCUT2D eigenvalue weighted by Crippen LogP contribution is -2.50. The van der Waals surface area contributed by atoms with Crippen molar-refractivity contribution in [2.45, 2.75) is 46.5 Å². The van der Waals surface area contributed by atoms with Gasteiger partial charge in [-0.05, 0) is 57.8 Å². The SMILES string of the molecule is CCN1CCC(CCCN2CCN(C(=O)C(C)C)CC2)CC1. The first-order valence-corrected chi connectivity index (χ1v) is 9.33. The number of nitrogens with zero attached hydrogens (tertiary/aromatic N) is 3. The highest BCUT2D eigenvalue weighted by Gasteiger charge is 2.23. The summed E-state index contributed by atoms with van der Waals surface area (Å²) < 4.78 is 0. The number of carbonyl (C=O) groups excluding carboxylic acids is 1. The van der Waals surface area contributed by atoms with Crippen molar-refractivity contribution in [2.24, 2.45) is 11.8 Å². The molecule has 0 N–H and O–H groups in total. The molecule has 0 aliphatic carbocycles. The van der Waals surface area contributed by atoms with Crippen LogP contribution >= 0.6 is 0 Å². The van der Waals surface area contributed by atoms with Crippen LogP contribution in [0.5, 0.6) is 0 Å². The summed E-state index contributed by atoms with van der Waals surface area (Å²) in [5, 5.41) is 0. The van der Waals surface area contributed by atoms with E-state index in [1.54, 1.807) is 0 Å². The minimum absolute atomic E-state index is 0.139. The fraction of sp³-hybridized carbons (Fsp3) is 0.944. The van der Waals surface area contributed by atoms with Gasteiger partial charge in [0.25, 0.3) is 0 Å². The zero-order valence-electron chi connectivity index (χ0n) is 14.9. The van der Waals surface area contributed by atoms with E-state index >= 15 is 0 Å². The molecule has 0 aromatic rings. The molecule has 2 rings (SSSR count). The van der Waals surface area contributed by atoms with Gasteiger partial charge in [-0.15, -0.1) is 0 Å². The first kappa shape index (κ1) is 17.7. The third kappa shape index (κ3) is 5.24. The molecule has 4 nitrogen and oxygen atoms in total. The fourth-order valence-corrected chi connectivity index (χ4v) is 3.75. The van der Waals surface area contributed by atoms with E-state index in [9.17, 15) is 4.79 Å². The van der Waals surface area contributed by atoms with Crippen LogP contribution < -0.4 is 0 Å². The molecule has 2 aliphatic rings. The summed E-state index contributed by atoms with van der Waals surface area (Å²) in [6, 6.07) is 0. The normalized spacial score (nSPS) is 22.5. The van der Waals surface area contributed by atoms with Gasteiger partial charge in [-0.1, -0.05) is 20.8 Å². The maximum Gasteiger partial charge on any atom is 0.225 e. The van der Waals surface area contributed by atoms with E-state index in [1.807, 2.05) is 18.7 Å². The van der Waals surface area contributed by atoms with Crippen LogP contribution in [-0.2, 0) is 4.79 Å². The smallest absolute Gasteiger partial charge is 0.225 e. The second-order valence-electron chi connectivity index (χ2n) is 7.34. The highest BCUT2D eigenvalue weighted by molar-refractivity contribution is 5.78. The molecule has 0 radical (unpaired) electrons. The number of piperazine rings is 1. The summed E-state index contributed by atoms with van der Waals surface area (Å²) in [5.74, 6) is 1.41. The quantitative estimate of drug-likeness (QED) is 0.753. The monoisotopic (exact) mass is 309 g/mol. The molecule has 0 unspecified atom stereocenters. The van der Waals surface area contributed by atoms with E-state index in [1.165, 1.54) is 51.9 Å². The van der Waals surface area contributed by atoms with Crippen LogP contribution in [-0.4, -0.2) is 73.0 Å². The minimum atomic E-state index is 0.139. The minimum Gasteiger partial charge on any atom is -0.340 e. The second kappa shape index (κ2) is 8.88. The molecule has 0 saturated carbocycles. The molecule has 4 heteroatoms. The van der Waals surface area contributed by atoms with Crippen molar-refractivity contribution in [2.75, 3.05) is 52.4 Å². The molecule has 2 fully saturated rings. The van der Waals surface area contributed by atoms with Gasteiger partial charge in [0.05, 0.1) is 0 Å². The van der Waals surface area contributed by atoms with Gasteiger partial charge in [0.15, 0.2) is 0 Å². The molecule has 128 valence electrons. The summed E-state index contributed by atoms with van der Waals surface area (Å²) in [4.78, 5) is 19.1. The van der Waals surface area contributed by atoms with Crippen LogP contribution in [0.1, 0.15) is 46.5 Å². The maximum atomic E-state index is 12.0. The Hall–Kier alpha value is -0.610. The third-order valence-corrected chi connectivity index (χ3v) is 5.42. The average Bonchev–Trinajstić information content (AvgIpc) is 2.55. The number of hydrogen-bond acceptors (Lipinski definition) is 3. The van der Waals surface area contributed by atoms with Gasteiger partial charge in [0.2, 0.25) is 5.91 Å². The molecule has 1 amide bonds. The zero-order valence-corrected chi connectivity index (χ0v) is 14.9. The predicted molar refractivity (Wildman–Crippen MR) is 91.9 cm³/mol. The number of rotatable bonds is 6. The number of likely N-dealkylation sites (tertiary alicyclic amines) is 1. The fourth-order valence-electron chi connectivity index (χ4n) is 3.75. The summed E-state index contributed by atoms with van der Waals surface area (Å²) in [6.07, 6.45) is 5.51. The first-order valence-electron chi connectivity index (χ1n) is 9.33. The van der Waals surface area contributed by atoms with E-state index in [0.717, 1.165) is 32.1 Å². The summed E-state index contributed by atoms with van der Waals surface area (Å²) >= 11 is 0. The molecule has 0 aromatic carbocycles. The van der Waals surface area contributed by atoms with Gasteiger partial charge in [0, 0.05) is 32.1 Å². The van der Waals surface area contributed by atoms with Crippen LogP contribution in [0.4, 0.5) is 0 Å². The summed E-state index contributed by atoms with van der Waals surface area (Å²) in [7, 11) is 0. The van der Waals surface area contributed by atoms with Gasteiger partial charge in [0.1, 0.15) is 0 Å². The second-order valence-corrected chi connectivity index (χ2v) is 7.34. The first-order chi connectivity index (χ1) is 10.6. The molecule has 0 aromatic heterocycles. The van der Waals surface area contributed by atoms with E-state index in [-0.39, 0.29) is 5.92 Å². The van der Waals surface area contributed by atoms with Crippen LogP contribution in [0.2, 0.25) is 0 Å². The van der Waals surface area contributed by atoms with E-state index in [2.05, 4.69) is 16.7 Å². The summed E-state index contributed by atoms with van der Waals surface area (Å²) in [5.41, 5.74) is 0. The molecule has 22 heavy (non-hydrogen) atoms. The van der Waals surface area contributed by atoms with Crippen molar-refractivity contribution < 1.29 is 4.79 Å². The van der Waals surface area contributed by atoms with Crippen molar-refractivity contribution in [3.63, 3.8) is 0 Å². The van der Waals surface area contributed by atoms with Gasteiger partial charge >= 0.3 is 0 Å². The van der Waals surface area contributed by atoms with E-state index < -0.39 is 0 Å². The van der Waals surface area contributed by atoms with Gasteiger partial charge in [-0.3, -0.25) is 9.69 Å². The van der Waals surface area contributed by atoms with Crippen LogP contribution in [0.25, 0.3) is 0 Å². The lowest BCUT2D eigenvalue weighted by molar-refractivity contribution is -0.136.